The number of anilines is 2. The summed E-state index contributed by atoms with van der Waals surface area (Å²) in [5, 5.41) is 0. The highest BCUT2D eigenvalue weighted by Crippen LogP contribution is 2.38. The van der Waals surface area contributed by atoms with E-state index in [1.807, 2.05) is 27.7 Å². The first-order valence-corrected chi connectivity index (χ1v) is 18.3. The second-order valence-corrected chi connectivity index (χ2v) is 14.1. The number of H-pyrrole nitrogens is 2. The van der Waals surface area contributed by atoms with E-state index in [-0.39, 0.29) is 24.8 Å². The van der Waals surface area contributed by atoms with Crippen molar-refractivity contribution in [2.24, 2.45) is 0 Å². The number of nitrogens with one attached hydrogen (secondary N) is 2. The fourth-order valence-electron chi connectivity index (χ4n) is 7.46. The standard InChI is InChI=1S/2C20H21F3N4.2ClH/c2*1-12-16(14-6-8-15(9-7-14)20(21,22)23)26-18-17(12)24-13(2)25-19(18)27-10-4-3-5-11-27;;/h2*6-9,26H,3-5,10-11H2,1-2H3;2*1H. The first kappa shape index (κ1) is 42.6. The lowest BCUT2D eigenvalue weighted by atomic mass is 10.1. The maximum atomic E-state index is 12.8. The van der Waals surface area contributed by atoms with Gasteiger partial charge in [0.05, 0.1) is 33.5 Å². The van der Waals surface area contributed by atoms with Crippen molar-refractivity contribution in [1.82, 2.24) is 29.9 Å². The Hall–Kier alpha value is -4.56. The van der Waals surface area contributed by atoms with Crippen molar-refractivity contribution in [2.45, 2.75) is 78.6 Å². The SMILES string of the molecule is Cc1nc(N2CCCCC2)c2[nH]c(-c3ccc(C(F)(F)F)cc3)c(C)c2n1.Cc1nc(N2CCCCC2)c2[nH]c(-c3ccc(C(F)(F)F)cc3)c(C)c2n1.Cl.Cl. The third-order valence-corrected chi connectivity index (χ3v) is 10.3. The van der Waals surface area contributed by atoms with Crippen LogP contribution in [-0.4, -0.2) is 56.1 Å². The van der Waals surface area contributed by atoms with Crippen molar-refractivity contribution in [3.05, 3.63) is 82.4 Å². The van der Waals surface area contributed by atoms with E-state index in [1.165, 1.54) is 37.1 Å². The lowest BCUT2D eigenvalue weighted by Gasteiger charge is -2.28. The summed E-state index contributed by atoms with van der Waals surface area (Å²) >= 11 is 0. The molecule has 2 aliphatic rings. The number of hydrogen-bond acceptors (Lipinski definition) is 6. The van der Waals surface area contributed by atoms with E-state index in [0.29, 0.717) is 22.8 Å². The maximum absolute atomic E-state index is 12.8. The largest absolute Gasteiger partial charge is 0.416 e. The van der Waals surface area contributed by atoms with E-state index >= 15 is 0 Å². The van der Waals surface area contributed by atoms with E-state index in [4.69, 9.17) is 0 Å². The van der Waals surface area contributed by atoms with E-state index in [1.54, 1.807) is 0 Å². The van der Waals surface area contributed by atoms with Gasteiger partial charge in [-0.05, 0) is 102 Å². The Kier molecular flexibility index (Phi) is 12.8. The van der Waals surface area contributed by atoms with Crippen LogP contribution in [0.1, 0.15) is 72.4 Å². The molecule has 2 N–H and O–H groups in total. The van der Waals surface area contributed by atoms with Gasteiger partial charge >= 0.3 is 12.4 Å². The van der Waals surface area contributed by atoms with Gasteiger partial charge in [-0.1, -0.05) is 24.3 Å². The average molecular weight is 822 g/mol. The second-order valence-electron chi connectivity index (χ2n) is 14.1. The number of fused-ring (bicyclic) bond motifs is 2. The molecule has 2 fully saturated rings. The van der Waals surface area contributed by atoms with Crippen LogP contribution in [0.4, 0.5) is 38.0 Å². The number of piperidine rings is 2. The summed E-state index contributed by atoms with van der Waals surface area (Å²) in [5.41, 5.74) is 6.92. The summed E-state index contributed by atoms with van der Waals surface area (Å²) < 4.78 is 77.0. The summed E-state index contributed by atoms with van der Waals surface area (Å²) in [5.74, 6) is 3.17. The number of aromatic amines is 2. The van der Waals surface area contributed by atoms with Gasteiger partial charge < -0.3 is 19.8 Å². The summed E-state index contributed by atoms with van der Waals surface area (Å²) in [7, 11) is 0. The lowest BCUT2D eigenvalue weighted by Crippen LogP contribution is -2.30. The molecule has 0 atom stereocenters. The molecule has 2 saturated heterocycles. The summed E-state index contributed by atoms with van der Waals surface area (Å²) in [4.78, 5) is 29.8. The van der Waals surface area contributed by atoms with E-state index < -0.39 is 23.5 Å². The molecule has 8 nitrogen and oxygen atoms in total. The van der Waals surface area contributed by atoms with Crippen molar-refractivity contribution in [3.63, 3.8) is 0 Å². The maximum Gasteiger partial charge on any atom is 0.416 e. The minimum atomic E-state index is -4.34. The Morgan fingerprint density at radius 1 is 0.482 bits per heavy atom. The zero-order chi connectivity index (χ0) is 38.4. The molecule has 16 heteroatoms. The molecule has 300 valence electrons. The average Bonchev–Trinajstić information content (AvgIpc) is 3.67. The predicted octanol–water partition coefficient (Wildman–Crippen LogP) is 11.3. The van der Waals surface area contributed by atoms with Crippen LogP contribution in [0.5, 0.6) is 0 Å². The quantitative estimate of drug-likeness (QED) is 0.172. The normalized spacial score (nSPS) is 15.0. The molecule has 0 unspecified atom stereocenters. The molecule has 0 spiro atoms. The first-order chi connectivity index (χ1) is 25.7. The molecule has 4 aromatic heterocycles. The van der Waals surface area contributed by atoms with Crippen LogP contribution < -0.4 is 9.80 Å². The lowest BCUT2D eigenvalue weighted by molar-refractivity contribution is -0.138. The Bertz CT molecular complexity index is 2110. The van der Waals surface area contributed by atoms with Gasteiger partial charge in [0.1, 0.15) is 22.7 Å². The number of benzene rings is 2. The molecule has 0 radical (unpaired) electrons. The van der Waals surface area contributed by atoms with Gasteiger partial charge in [0, 0.05) is 37.3 Å². The van der Waals surface area contributed by atoms with E-state index in [9.17, 15) is 26.3 Å². The molecular formula is C40H44Cl2F6N8. The summed E-state index contributed by atoms with van der Waals surface area (Å²) in [6.45, 7) is 11.5. The van der Waals surface area contributed by atoms with Crippen LogP contribution in [0, 0.1) is 27.7 Å². The van der Waals surface area contributed by atoms with Crippen LogP contribution in [0.3, 0.4) is 0 Å². The van der Waals surface area contributed by atoms with Crippen LogP contribution in [0.2, 0.25) is 0 Å². The molecule has 6 heterocycles. The molecule has 0 amide bonds. The fraction of sp³-hybridized carbons (Fsp3) is 0.400. The van der Waals surface area contributed by atoms with Crippen molar-refractivity contribution in [1.29, 1.82) is 0 Å². The first-order valence-electron chi connectivity index (χ1n) is 18.3. The van der Waals surface area contributed by atoms with Gasteiger partial charge in [0.2, 0.25) is 0 Å². The Morgan fingerprint density at radius 3 is 1.11 bits per heavy atom. The van der Waals surface area contributed by atoms with E-state index in [2.05, 4.69) is 39.7 Å². The molecule has 0 aliphatic carbocycles. The van der Waals surface area contributed by atoms with Crippen LogP contribution in [0.25, 0.3) is 44.6 Å². The molecular weight excluding hydrogens is 777 g/mol. The third-order valence-electron chi connectivity index (χ3n) is 10.3. The number of hydrogen-bond donors (Lipinski definition) is 2. The fourth-order valence-corrected chi connectivity index (χ4v) is 7.46. The molecule has 2 aliphatic heterocycles. The predicted molar refractivity (Wildman–Crippen MR) is 214 cm³/mol. The van der Waals surface area contributed by atoms with Gasteiger partial charge in [0.15, 0.2) is 11.6 Å². The monoisotopic (exact) mass is 820 g/mol. The van der Waals surface area contributed by atoms with Crippen molar-refractivity contribution >= 4 is 58.5 Å². The minimum Gasteiger partial charge on any atom is -0.355 e. The number of aryl methyl sites for hydroxylation is 4. The molecule has 0 saturated carbocycles. The molecule has 8 rings (SSSR count). The molecule has 0 bridgehead atoms. The van der Waals surface area contributed by atoms with E-state index in [0.717, 1.165) is 132 Å². The number of alkyl halides is 6. The molecule has 6 aromatic rings. The number of nitrogens with zero attached hydrogens (tertiary/aromatic N) is 6. The highest BCUT2D eigenvalue weighted by Gasteiger charge is 2.31. The highest BCUT2D eigenvalue weighted by molar-refractivity contribution is 5.95. The smallest absolute Gasteiger partial charge is 0.355 e. The number of aromatic nitrogens is 6. The van der Waals surface area contributed by atoms with Crippen LogP contribution >= 0.6 is 24.8 Å². The minimum absolute atomic E-state index is 0. The zero-order valence-corrected chi connectivity index (χ0v) is 33.1. The Labute approximate surface area is 333 Å². The van der Waals surface area contributed by atoms with Crippen LogP contribution in [-0.2, 0) is 12.4 Å². The van der Waals surface area contributed by atoms with Crippen LogP contribution in [0.15, 0.2) is 48.5 Å². The van der Waals surface area contributed by atoms with Crippen molar-refractivity contribution < 1.29 is 26.3 Å². The van der Waals surface area contributed by atoms with Gasteiger partial charge in [0.25, 0.3) is 0 Å². The summed E-state index contributed by atoms with van der Waals surface area (Å²) in [6.07, 6.45) is -1.68. The Balaban J connectivity index is 0.000000207. The Morgan fingerprint density at radius 2 is 0.804 bits per heavy atom. The highest BCUT2D eigenvalue weighted by atomic mass is 35.5. The van der Waals surface area contributed by atoms with Gasteiger partial charge in [-0.2, -0.15) is 26.3 Å². The third kappa shape index (κ3) is 8.71. The second kappa shape index (κ2) is 16.9. The number of rotatable bonds is 4. The molecule has 2 aromatic carbocycles. The van der Waals surface area contributed by atoms with Crippen molar-refractivity contribution in [2.75, 3.05) is 36.0 Å². The zero-order valence-electron chi connectivity index (χ0n) is 31.5. The molecule has 56 heavy (non-hydrogen) atoms. The number of halogens is 8. The van der Waals surface area contributed by atoms with Gasteiger partial charge in [-0.3, -0.25) is 0 Å². The van der Waals surface area contributed by atoms with Gasteiger partial charge in [-0.15, -0.1) is 24.8 Å². The van der Waals surface area contributed by atoms with Crippen molar-refractivity contribution in [3.8, 4) is 22.5 Å². The van der Waals surface area contributed by atoms with Gasteiger partial charge in [-0.25, -0.2) is 19.9 Å². The topological polar surface area (TPSA) is 89.6 Å². The summed E-state index contributed by atoms with van der Waals surface area (Å²) in [6, 6.07) is 10.5.